The molecule has 148 valence electrons. The van der Waals surface area contributed by atoms with E-state index < -0.39 is 0 Å². The molecule has 0 aliphatic heterocycles. The van der Waals surface area contributed by atoms with Crippen LogP contribution in [0.2, 0.25) is 0 Å². The van der Waals surface area contributed by atoms with Crippen molar-refractivity contribution in [2.75, 3.05) is 34.4 Å². The maximum absolute atomic E-state index is 12.3. The second-order valence-electron chi connectivity index (χ2n) is 6.95. The predicted molar refractivity (Wildman–Crippen MR) is 110 cm³/mol. The summed E-state index contributed by atoms with van der Waals surface area (Å²) in [7, 11) is 5.28. The second kappa shape index (κ2) is 9.28. The van der Waals surface area contributed by atoms with Crippen LogP contribution in [-0.2, 0) is 17.8 Å². The minimum absolute atomic E-state index is 0.0461. The van der Waals surface area contributed by atoms with Crippen molar-refractivity contribution >= 4 is 16.8 Å². The summed E-state index contributed by atoms with van der Waals surface area (Å²) in [6, 6.07) is 14.0. The van der Waals surface area contributed by atoms with Crippen molar-refractivity contribution in [2.45, 2.75) is 13.0 Å². The first-order valence-electron chi connectivity index (χ1n) is 9.44. The lowest BCUT2D eigenvalue weighted by Gasteiger charge is -2.16. The predicted octanol–water partition coefficient (Wildman–Crippen LogP) is 1.56. The third kappa shape index (κ3) is 4.84. The van der Waals surface area contributed by atoms with Gasteiger partial charge in [0.2, 0.25) is 0 Å². The van der Waals surface area contributed by atoms with Crippen LogP contribution in [0.5, 0.6) is 11.5 Å². The van der Waals surface area contributed by atoms with Gasteiger partial charge in [-0.25, -0.2) is 0 Å². The van der Waals surface area contributed by atoms with E-state index >= 15 is 0 Å². The number of methoxy groups -OCH3 is 2. The minimum Gasteiger partial charge on any atom is -0.497 e. The van der Waals surface area contributed by atoms with Gasteiger partial charge in [-0.05, 0) is 30.2 Å². The highest BCUT2D eigenvalue weighted by Gasteiger charge is 2.14. The molecule has 0 saturated carbocycles. The first-order chi connectivity index (χ1) is 13.6. The summed E-state index contributed by atoms with van der Waals surface area (Å²) in [5, 5.41) is 4.24. The Labute approximate surface area is 165 Å². The summed E-state index contributed by atoms with van der Waals surface area (Å²) >= 11 is 0. The molecule has 3 N–H and O–H groups in total. The monoisotopic (exact) mass is 382 g/mol. The first kappa shape index (κ1) is 19.8. The van der Waals surface area contributed by atoms with Crippen LogP contribution in [-0.4, -0.2) is 45.2 Å². The second-order valence-corrected chi connectivity index (χ2v) is 6.95. The fourth-order valence-electron chi connectivity index (χ4n) is 3.40. The summed E-state index contributed by atoms with van der Waals surface area (Å²) < 4.78 is 10.7. The topological polar surface area (TPSA) is 67.8 Å². The van der Waals surface area contributed by atoms with Crippen molar-refractivity contribution in [3.05, 3.63) is 59.8 Å². The van der Waals surface area contributed by atoms with Crippen LogP contribution in [0.15, 0.2) is 48.7 Å². The number of nitrogens with one attached hydrogen (secondary N) is 3. The highest BCUT2D eigenvalue weighted by Crippen LogP contribution is 2.23. The molecule has 1 amide bonds. The summed E-state index contributed by atoms with van der Waals surface area (Å²) in [4.78, 5) is 16.7. The maximum Gasteiger partial charge on any atom is 0.275 e. The minimum atomic E-state index is 0.0461. The lowest BCUT2D eigenvalue weighted by Crippen LogP contribution is -3.08. The van der Waals surface area contributed by atoms with E-state index in [4.69, 9.17) is 9.47 Å². The normalized spacial score (nSPS) is 12.0. The Morgan fingerprint density at radius 3 is 2.71 bits per heavy atom. The first-order valence-corrected chi connectivity index (χ1v) is 9.44. The molecule has 2 aromatic carbocycles. The lowest BCUT2D eigenvalue weighted by atomic mass is 10.1. The fraction of sp³-hybridized carbons (Fsp3) is 0.318. The molecule has 6 heteroatoms. The van der Waals surface area contributed by atoms with E-state index in [0.717, 1.165) is 33.9 Å². The zero-order valence-corrected chi connectivity index (χ0v) is 16.7. The van der Waals surface area contributed by atoms with E-state index in [1.165, 1.54) is 10.9 Å². The van der Waals surface area contributed by atoms with Crippen molar-refractivity contribution < 1.29 is 19.2 Å². The van der Waals surface area contributed by atoms with Crippen LogP contribution in [0.25, 0.3) is 10.9 Å². The number of fused-ring (bicyclic) bond motifs is 1. The van der Waals surface area contributed by atoms with Crippen molar-refractivity contribution in [3.63, 3.8) is 0 Å². The molecule has 0 aliphatic rings. The molecule has 6 nitrogen and oxygen atoms in total. The van der Waals surface area contributed by atoms with Gasteiger partial charge in [-0.15, -0.1) is 0 Å². The molecule has 3 aromatic rings. The Kier molecular flexibility index (Phi) is 6.55. The SMILES string of the molecule is COc1ccc(C[NH+](C)CC(=O)NCCc2c[nH]c3ccccc23)c(OC)c1. The van der Waals surface area contributed by atoms with Crippen LogP contribution in [0.1, 0.15) is 11.1 Å². The average Bonchev–Trinajstić information content (AvgIpc) is 3.11. The van der Waals surface area contributed by atoms with Crippen LogP contribution in [0.4, 0.5) is 0 Å². The number of rotatable bonds is 9. The molecule has 0 spiro atoms. The number of para-hydroxylation sites is 1. The van der Waals surface area contributed by atoms with Gasteiger partial charge in [-0.3, -0.25) is 4.79 Å². The number of hydrogen-bond acceptors (Lipinski definition) is 3. The zero-order chi connectivity index (χ0) is 19.9. The fourth-order valence-corrected chi connectivity index (χ4v) is 3.40. The van der Waals surface area contributed by atoms with Crippen LogP contribution < -0.4 is 19.7 Å². The van der Waals surface area contributed by atoms with Crippen LogP contribution in [0, 0.1) is 0 Å². The van der Waals surface area contributed by atoms with Crippen LogP contribution >= 0.6 is 0 Å². The third-order valence-corrected chi connectivity index (χ3v) is 4.84. The van der Waals surface area contributed by atoms with Crippen LogP contribution in [0.3, 0.4) is 0 Å². The number of carbonyl (C=O) groups is 1. The molecule has 3 rings (SSSR count). The van der Waals surface area contributed by atoms with Gasteiger partial charge >= 0.3 is 0 Å². The lowest BCUT2D eigenvalue weighted by molar-refractivity contribution is -0.885. The number of benzene rings is 2. The molecule has 1 aromatic heterocycles. The third-order valence-electron chi connectivity index (χ3n) is 4.84. The number of quaternary nitrogens is 1. The highest BCUT2D eigenvalue weighted by molar-refractivity contribution is 5.83. The summed E-state index contributed by atoms with van der Waals surface area (Å²) in [5.74, 6) is 1.58. The summed E-state index contributed by atoms with van der Waals surface area (Å²) in [6.45, 7) is 1.73. The van der Waals surface area contributed by atoms with Crippen molar-refractivity contribution in [1.29, 1.82) is 0 Å². The Morgan fingerprint density at radius 2 is 1.93 bits per heavy atom. The maximum atomic E-state index is 12.3. The van der Waals surface area contributed by atoms with E-state index in [9.17, 15) is 4.79 Å². The number of H-pyrrole nitrogens is 1. The van der Waals surface area contributed by atoms with E-state index in [0.29, 0.717) is 19.6 Å². The average molecular weight is 382 g/mol. The van der Waals surface area contributed by atoms with Gasteiger partial charge in [0.25, 0.3) is 5.91 Å². The molecule has 1 unspecified atom stereocenters. The van der Waals surface area contributed by atoms with Crippen molar-refractivity contribution in [2.24, 2.45) is 0 Å². The van der Waals surface area contributed by atoms with Crippen molar-refractivity contribution in [3.8, 4) is 11.5 Å². The largest absolute Gasteiger partial charge is 0.497 e. The van der Waals surface area contributed by atoms with Gasteiger partial charge in [-0.2, -0.15) is 0 Å². The van der Waals surface area contributed by atoms with E-state index in [2.05, 4.69) is 22.4 Å². The molecule has 0 saturated heterocycles. The number of hydrogen-bond donors (Lipinski definition) is 3. The molecule has 1 heterocycles. The van der Waals surface area contributed by atoms with E-state index in [1.54, 1.807) is 14.2 Å². The van der Waals surface area contributed by atoms with Crippen molar-refractivity contribution in [1.82, 2.24) is 10.3 Å². The zero-order valence-electron chi connectivity index (χ0n) is 16.7. The molecule has 0 fully saturated rings. The molecule has 0 bridgehead atoms. The number of carbonyl (C=O) groups excluding carboxylic acids is 1. The number of amides is 1. The number of likely N-dealkylation sites (N-methyl/N-ethyl adjacent to an activating group) is 1. The summed E-state index contributed by atoms with van der Waals surface area (Å²) in [5.41, 5.74) is 3.40. The standard InChI is InChI=1S/C22H27N3O3/c1-25(14-17-8-9-18(27-2)12-21(17)28-3)15-22(26)23-11-10-16-13-24-20-7-5-4-6-19(16)20/h4-9,12-13,24H,10-11,14-15H2,1-3H3,(H,23,26)/p+1. The number of ether oxygens (including phenoxy) is 2. The van der Waals surface area contributed by atoms with Gasteiger partial charge < -0.3 is 24.7 Å². The smallest absolute Gasteiger partial charge is 0.275 e. The van der Waals surface area contributed by atoms with E-state index in [-0.39, 0.29) is 5.91 Å². The molecule has 0 radical (unpaired) electrons. The van der Waals surface area contributed by atoms with Gasteiger partial charge in [0.1, 0.15) is 18.0 Å². The Bertz CT molecular complexity index is 936. The molecule has 28 heavy (non-hydrogen) atoms. The van der Waals surface area contributed by atoms with Gasteiger partial charge in [-0.1, -0.05) is 18.2 Å². The molecular weight excluding hydrogens is 354 g/mol. The van der Waals surface area contributed by atoms with Gasteiger partial charge in [0.05, 0.1) is 21.3 Å². The Morgan fingerprint density at radius 1 is 1.11 bits per heavy atom. The molecule has 0 aliphatic carbocycles. The van der Waals surface area contributed by atoms with E-state index in [1.807, 2.05) is 43.6 Å². The summed E-state index contributed by atoms with van der Waals surface area (Å²) in [6.07, 6.45) is 2.82. The highest BCUT2D eigenvalue weighted by atomic mass is 16.5. The Hall–Kier alpha value is -2.99. The molecule has 1 atom stereocenters. The molecular formula is C22H28N3O3+. The number of aromatic nitrogens is 1. The Balaban J connectivity index is 1.48. The number of aromatic amines is 1. The quantitative estimate of drug-likeness (QED) is 0.526. The van der Waals surface area contributed by atoms with Gasteiger partial charge in [0, 0.05) is 35.3 Å². The van der Waals surface area contributed by atoms with Gasteiger partial charge in [0.15, 0.2) is 6.54 Å².